The molecule has 0 atom stereocenters. The fourth-order valence-corrected chi connectivity index (χ4v) is 4.01. The highest BCUT2D eigenvalue weighted by molar-refractivity contribution is 7.89. The van der Waals surface area contributed by atoms with Crippen LogP contribution in [0.25, 0.3) is 0 Å². The average molecular weight is 407 g/mol. The molecule has 0 saturated carbocycles. The summed E-state index contributed by atoms with van der Waals surface area (Å²) in [4.78, 5) is 12.4. The van der Waals surface area contributed by atoms with Crippen LogP contribution in [-0.4, -0.2) is 51.7 Å². The van der Waals surface area contributed by atoms with Gasteiger partial charge in [-0.15, -0.1) is 0 Å². The average Bonchev–Trinajstić information content (AvgIpc) is 2.71. The third kappa shape index (κ3) is 5.97. The summed E-state index contributed by atoms with van der Waals surface area (Å²) in [6, 6.07) is 14.2. The number of amides is 1. The van der Waals surface area contributed by atoms with E-state index in [0.717, 1.165) is 5.56 Å². The second-order valence-electron chi connectivity index (χ2n) is 6.09. The molecule has 0 radical (unpaired) electrons. The Labute approximate surface area is 166 Å². The summed E-state index contributed by atoms with van der Waals surface area (Å²) >= 11 is 0. The molecule has 0 spiro atoms. The maximum atomic E-state index is 12.6. The van der Waals surface area contributed by atoms with Crippen molar-refractivity contribution in [1.29, 1.82) is 0 Å². The molecular formula is C20H26N2O5S. The summed E-state index contributed by atoms with van der Waals surface area (Å²) in [5, 5.41) is 2.64. The first-order valence-electron chi connectivity index (χ1n) is 8.92. The van der Waals surface area contributed by atoms with E-state index in [-0.39, 0.29) is 12.3 Å². The fraction of sp³-hybridized carbons (Fsp3) is 0.350. The second kappa shape index (κ2) is 10.1. The van der Waals surface area contributed by atoms with Gasteiger partial charge < -0.3 is 14.8 Å². The van der Waals surface area contributed by atoms with Crippen molar-refractivity contribution in [2.24, 2.45) is 0 Å². The van der Waals surface area contributed by atoms with Gasteiger partial charge in [-0.05, 0) is 17.7 Å². The number of carbonyl (C=O) groups excluding carboxylic acids is 1. The number of methoxy groups -OCH3 is 2. The molecule has 0 aliphatic rings. The van der Waals surface area contributed by atoms with Crippen LogP contribution >= 0.6 is 0 Å². The van der Waals surface area contributed by atoms with Gasteiger partial charge in [-0.1, -0.05) is 37.3 Å². The molecule has 1 N–H and O–H groups in total. The Kier molecular flexibility index (Phi) is 7.83. The summed E-state index contributed by atoms with van der Waals surface area (Å²) < 4.78 is 36.9. The lowest BCUT2D eigenvalue weighted by Gasteiger charge is -2.20. The molecule has 0 aliphatic heterocycles. The molecule has 0 fully saturated rings. The Hall–Kier alpha value is -2.58. The highest BCUT2D eigenvalue weighted by Crippen LogP contribution is 2.22. The summed E-state index contributed by atoms with van der Waals surface area (Å²) in [6.45, 7) is 2.46. The number of benzene rings is 2. The zero-order valence-electron chi connectivity index (χ0n) is 16.3. The second-order valence-corrected chi connectivity index (χ2v) is 8.17. The maximum absolute atomic E-state index is 12.6. The van der Waals surface area contributed by atoms with Crippen LogP contribution in [0.1, 0.15) is 22.8 Å². The molecule has 0 unspecified atom stereocenters. The molecule has 0 heterocycles. The van der Waals surface area contributed by atoms with E-state index in [1.54, 1.807) is 25.1 Å². The maximum Gasteiger partial charge on any atom is 0.251 e. The van der Waals surface area contributed by atoms with E-state index < -0.39 is 15.9 Å². The first kappa shape index (κ1) is 21.7. The van der Waals surface area contributed by atoms with E-state index in [1.807, 2.05) is 30.3 Å². The van der Waals surface area contributed by atoms with E-state index in [9.17, 15) is 13.2 Å². The van der Waals surface area contributed by atoms with Crippen LogP contribution in [-0.2, 0) is 16.6 Å². The number of nitrogens with one attached hydrogen (secondary N) is 1. The molecule has 7 nitrogen and oxygen atoms in total. The molecule has 0 saturated heterocycles. The number of nitrogens with zero attached hydrogens (tertiary/aromatic N) is 1. The minimum Gasteiger partial charge on any atom is -0.497 e. The third-order valence-corrected chi connectivity index (χ3v) is 6.10. The van der Waals surface area contributed by atoms with Crippen LogP contribution in [0.5, 0.6) is 11.5 Å². The molecule has 2 aromatic carbocycles. The van der Waals surface area contributed by atoms with Crippen molar-refractivity contribution in [3.05, 3.63) is 59.7 Å². The number of rotatable bonds is 10. The number of hydrogen-bond donors (Lipinski definition) is 1. The van der Waals surface area contributed by atoms with Crippen molar-refractivity contribution in [2.45, 2.75) is 13.5 Å². The molecule has 2 aromatic rings. The number of hydrogen-bond acceptors (Lipinski definition) is 5. The van der Waals surface area contributed by atoms with Gasteiger partial charge in [0, 0.05) is 31.3 Å². The molecule has 2 rings (SSSR count). The molecule has 28 heavy (non-hydrogen) atoms. The number of carbonyl (C=O) groups is 1. The van der Waals surface area contributed by atoms with Crippen molar-refractivity contribution in [3.63, 3.8) is 0 Å². The number of ether oxygens (including phenoxy) is 2. The Balaban J connectivity index is 1.97. The van der Waals surface area contributed by atoms with E-state index >= 15 is 0 Å². The van der Waals surface area contributed by atoms with Gasteiger partial charge in [0.05, 0.1) is 20.0 Å². The lowest BCUT2D eigenvalue weighted by atomic mass is 10.2. The standard InChI is InChI=1S/C20H26N2O5S/c1-4-22(15-16-8-6-5-7-9-16)28(24,25)11-10-21-20(23)17-12-18(26-2)14-19(13-17)27-3/h5-9,12-14H,4,10-11,15H2,1-3H3,(H,21,23). The molecule has 152 valence electrons. The van der Waals surface area contributed by atoms with Gasteiger partial charge in [-0.25, -0.2) is 8.42 Å². The first-order chi connectivity index (χ1) is 13.4. The monoisotopic (exact) mass is 406 g/mol. The molecule has 0 bridgehead atoms. The van der Waals surface area contributed by atoms with Crippen LogP contribution in [0.4, 0.5) is 0 Å². The number of sulfonamides is 1. The SMILES string of the molecule is CCN(Cc1ccccc1)S(=O)(=O)CCNC(=O)c1cc(OC)cc(OC)c1. The summed E-state index contributed by atoms with van der Waals surface area (Å²) in [6.07, 6.45) is 0. The third-order valence-electron chi connectivity index (χ3n) is 4.21. The van der Waals surface area contributed by atoms with Gasteiger partial charge >= 0.3 is 0 Å². The van der Waals surface area contributed by atoms with Crippen molar-refractivity contribution >= 4 is 15.9 Å². The quantitative estimate of drug-likeness (QED) is 0.654. The van der Waals surface area contributed by atoms with Crippen molar-refractivity contribution in [2.75, 3.05) is 33.1 Å². The molecule has 1 amide bonds. The van der Waals surface area contributed by atoms with E-state index in [2.05, 4.69) is 5.32 Å². The van der Waals surface area contributed by atoms with Gasteiger partial charge in [-0.2, -0.15) is 4.31 Å². The van der Waals surface area contributed by atoms with Crippen LogP contribution < -0.4 is 14.8 Å². The first-order valence-corrected chi connectivity index (χ1v) is 10.5. The van der Waals surface area contributed by atoms with Gasteiger partial charge in [0.25, 0.3) is 5.91 Å². The van der Waals surface area contributed by atoms with Crippen molar-refractivity contribution in [3.8, 4) is 11.5 Å². The zero-order chi connectivity index (χ0) is 20.6. The summed E-state index contributed by atoms with van der Waals surface area (Å²) in [5.74, 6) is 0.397. The van der Waals surface area contributed by atoms with Gasteiger partial charge in [0.2, 0.25) is 10.0 Å². The predicted octanol–water partition coefficient (Wildman–Crippen LogP) is 2.29. The van der Waals surface area contributed by atoms with E-state index in [1.165, 1.54) is 18.5 Å². The smallest absolute Gasteiger partial charge is 0.251 e. The van der Waals surface area contributed by atoms with Crippen molar-refractivity contribution in [1.82, 2.24) is 9.62 Å². The molecule has 8 heteroatoms. The predicted molar refractivity (Wildman–Crippen MR) is 108 cm³/mol. The lowest BCUT2D eigenvalue weighted by Crippen LogP contribution is -2.37. The summed E-state index contributed by atoms with van der Waals surface area (Å²) in [5.41, 5.74) is 1.26. The Morgan fingerprint density at radius 2 is 1.64 bits per heavy atom. The topological polar surface area (TPSA) is 84.9 Å². The lowest BCUT2D eigenvalue weighted by molar-refractivity contribution is 0.0955. The van der Waals surface area contributed by atoms with Gasteiger partial charge in [0.15, 0.2) is 0 Å². The van der Waals surface area contributed by atoms with Gasteiger partial charge in [0.1, 0.15) is 11.5 Å². The van der Waals surface area contributed by atoms with Crippen LogP contribution in [0.15, 0.2) is 48.5 Å². The van der Waals surface area contributed by atoms with Crippen LogP contribution in [0.2, 0.25) is 0 Å². The normalized spacial score (nSPS) is 11.3. The van der Waals surface area contributed by atoms with E-state index in [0.29, 0.717) is 30.2 Å². The minimum atomic E-state index is -3.50. The zero-order valence-corrected chi connectivity index (χ0v) is 17.2. The molecule has 0 aliphatic carbocycles. The van der Waals surface area contributed by atoms with Gasteiger partial charge in [-0.3, -0.25) is 4.79 Å². The Bertz CT molecular complexity index is 862. The summed E-state index contributed by atoms with van der Waals surface area (Å²) in [7, 11) is -0.515. The highest BCUT2D eigenvalue weighted by atomic mass is 32.2. The van der Waals surface area contributed by atoms with Crippen LogP contribution in [0, 0.1) is 0 Å². The Morgan fingerprint density at radius 1 is 1.04 bits per heavy atom. The fourth-order valence-electron chi connectivity index (χ4n) is 2.66. The highest BCUT2D eigenvalue weighted by Gasteiger charge is 2.21. The van der Waals surface area contributed by atoms with E-state index in [4.69, 9.17) is 9.47 Å². The van der Waals surface area contributed by atoms with Crippen LogP contribution in [0.3, 0.4) is 0 Å². The minimum absolute atomic E-state index is 0.00593. The van der Waals surface area contributed by atoms with Crippen molar-refractivity contribution < 1.29 is 22.7 Å². The largest absolute Gasteiger partial charge is 0.497 e. The molecule has 0 aromatic heterocycles. The Morgan fingerprint density at radius 3 is 2.18 bits per heavy atom. The molecular weight excluding hydrogens is 380 g/mol.